The van der Waals surface area contributed by atoms with Crippen LogP contribution >= 0.6 is 0 Å². The van der Waals surface area contributed by atoms with Gasteiger partial charge in [0.1, 0.15) is 5.60 Å². The largest absolute Gasteiger partial charge is 0.443 e. The van der Waals surface area contributed by atoms with Crippen molar-refractivity contribution in [1.82, 2.24) is 4.90 Å². The average Bonchev–Trinajstić information content (AvgIpc) is 2.96. The molecule has 1 aliphatic heterocycles. The van der Waals surface area contributed by atoms with E-state index in [-0.39, 0.29) is 5.91 Å². The molecule has 5 nitrogen and oxygen atoms in total. The van der Waals surface area contributed by atoms with Gasteiger partial charge in [0.2, 0.25) is 0 Å². The summed E-state index contributed by atoms with van der Waals surface area (Å²) in [5.41, 5.74) is 0.0896. The predicted octanol–water partition coefficient (Wildman–Crippen LogP) is 2.75. The standard InChI is InChI=1S/C21H24N2O3/c1-21(2,25)12-11-18-9-10-19(26-18)20(24)23-14-6-13-22(15-16-23)17-7-4-3-5-8-17/h3-5,7-10,25H,6,13-16H2,1-2H3. The van der Waals surface area contributed by atoms with Gasteiger partial charge in [-0.05, 0) is 50.5 Å². The van der Waals surface area contributed by atoms with Gasteiger partial charge >= 0.3 is 0 Å². The summed E-state index contributed by atoms with van der Waals surface area (Å²) in [6.07, 6.45) is 0.909. The van der Waals surface area contributed by atoms with E-state index in [4.69, 9.17) is 4.42 Å². The van der Waals surface area contributed by atoms with Gasteiger partial charge in [-0.25, -0.2) is 0 Å². The van der Waals surface area contributed by atoms with Crippen LogP contribution in [0.1, 0.15) is 36.6 Å². The molecule has 2 aromatic rings. The summed E-state index contributed by atoms with van der Waals surface area (Å²) >= 11 is 0. The Hall–Kier alpha value is -2.71. The van der Waals surface area contributed by atoms with Gasteiger partial charge in [-0.2, -0.15) is 0 Å². The monoisotopic (exact) mass is 352 g/mol. The molecule has 1 aromatic heterocycles. The second-order valence-corrected chi connectivity index (χ2v) is 6.94. The summed E-state index contributed by atoms with van der Waals surface area (Å²) in [6, 6.07) is 13.6. The Labute approximate surface area is 154 Å². The Kier molecular flexibility index (Phi) is 5.34. The van der Waals surface area contributed by atoms with Crippen LogP contribution in [0, 0.1) is 11.8 Å². The number of carbonyl (C=O) groups is 1. The number of aliphatic hydroxyl groups is 1. The van der Waals surface area contributed by atoms with Crippen LogP contribution in [0.5, 0.6) is 0 Å². The van der Waals surface area contributed by atoms with Gasteiger partial charge in [-0.3, -0.25) is 4.79 Å². The highest BCUT2D eigenvalue weighted by Crippen LogP contribution is 2.17. The number of hydrogen-bond acceptors (Lipinski definition) is 4. The van der Waals surface area contributed by atoms with E-state index >= 15 is 0 Å². The number of rotatable bonds is 2. The summed E-state index contributed by atoms with van der Waals surface area (Å²) in [7, 11) is 0. The lowest BCUT2D eigenvalue weighted by atomic mass is 10.1. The van der Waals surface area contributed by atoms with Crippen molar-refractivity contribution in [2.24, 2.45) is 0 Å². The highest BCUT2D eigenvalue weighted by Gasteiger charge is 2.22. The minimum atomic E-state index is -1.09. The Morgan fingerprint density at radius 3 is 2.58 bits per heavy atom. The molecule has 136 valence electrons. The van der Waals surface area contributed by atoms with Crippen LogP contribution in [0.3, 0.4) is 0 Å². The van der Waals surface area contributed by atoms with Crippen LogP contribution in [0.2, 0.25) is 0 Å². The highest BCUT2D eigenvalue weighted by molar-refractivity contribution is 5.91. The number of amides is 1. The van der Waals surface area contributed by atoms with E-state index in [1.54, 1.807) is 26.0 Å². The third-order valence-corrected chi connectivity index (χ3v) is 4.21. The van der Waals surface area contributed by atoms with Gasteiger partial charge < -0.3 is 19.3 Å². The molecule has 5 heteroatoms. The molecule has 0 saturated carbocycles. The van der Waals surface area contributed by atoms with Crippen molar-refractivity contribution in [2.75, 3.05) is 31.1 Å². The lowest BCUT2D eigenvalue weighted by Gasteiger charge is -2.23. The summed E-state index contributed by atoms with van der Waals surface area (Å²) in [5, 5.41) is 9.65. The third kappa shape index (κ3) is 4.68. The topological polar surface area (TPSA) is 56.9 Å². The molecule has 0 unspecified atom stereocenters. The molecule has 1 aliphatic rings. The number of benzene rings is 1. The first kappa shape index (κ1) is 18.1. The van der Waals surface area contributed by atoms with Crippen molar-refractivity contribution in [3.8, 4) is 11.8 Å². The molecule has 2 heterocycles. The first-order valence-corrected chi connectivity index (χ1v) is 8.87. The number of hydrogen-bond donors (Lipinski definition) is 1. The fourth-order valence-electron chi connectivity index (χ4n) is 2.91. The van der Waals surface area contributed by atoms with Crippen molar-refractivity contribution >= 4 is 11.6 Å². The van der Waals surface area contributed by atoms with Crippen molar-refractivity contribution in [1.29, 1.82) is 0 Å². The number of carbonyl (C=O) groups excluding carboxylic acids is 1. The molecule has 0 aliphatic carbocycles. The van der Waals surface area contributed by atoms with E-state index in [1.807, 2.05) is 23.1 Å². The highest BCUT2D eigenvalue weighted by atomic mass is 16.4. The SMILES string of the molecule is CC(C)(O)C#Cc1ccc(C(=O)N2CCCN(c3ccccc3)CC2)o1. The van der Waals surface area contributed by atoms with Crippen molar-refractivity contribution in [2.45, 2.75) is 25.9 Å². The van der Waals surface area contributed by atoms with Gasteiger partial charge in [-0.1, -0.05) is 24.1 Å². The third-order valence-electron chi connectivity index (χ3n) is 4.21. The molecule has 26 heavy (non-hydrogen) atoms. The number of nitrogens with zero attached hydrogens (tertiary/aromatic N) is 2. The Morgan fingerprint density at radius 2 is 1.85 bits per heavy atom. The summed E-state index contributed by atoms with van der Waals surface area (Å²) < 4.78 is 5.56. The molecule has 0 spiro atoms. The Bertz CT molecular complexity index is 809. The number of para-hydroxylation sites is 1. The van der Waals surface area contributed by atoms with Crippen LogP contribution in [0.25, 0.3) is 0 Å². The molecule has 1 fully saturated rings. The Balaban J connectivity index is 1.65. The Morgan fingerprint density at radius 1 is 1.08 bits per heavy atom. The lowest BCUT2D eigenvalue weighted by Crippen LogP contribution is -2.35. The minimum Gasteiger partial charge on any atom is -0.443 e. The van der Waals surface area contributed by atoms with Gasteiger partial charge in [0.05, 0.1) is 0 Å². The lowest BCUT2D eigenvalue weighted by molar-refractivity contribution is 0.0734. The molecule has 0 bridgehead atoms. The van der Waals surface area contributed by atoms with E-state index in [9.17, 15) is 9.90 Å². The number of anilines is 1. The van der Waals surface area contributed by atoms with Gasteiger partial charge in [-0.15, -0.1) is 0 Å². The first-order chi connectivity index (χ1) is 12.4. The van der Waals surface area contributed by atoms with E-state index in [0.29, 0.717) is 24.6 Å². The molecule has 1 N–H and O–H groups in total. The van der Waals surface area contributed by atoms with Crippen molar-refractivity contribution < 1.29 is 14.3 Å². The maximum Gasteiger partial charge on any atom is 0.289 e. The van der Waals surface area contributed by atoms with Crippen molar-refractivity contribution in [3.05, 3.63) is 54.0 Å². The minimum absolute atomic E-state index is 0.115. The number of furan rings is 1. The molecule has 1 saturated heterocycles. The fraction of sp³-hybridized carbons (Fsp3) is 0.381. The molecule has 1 amide bonds. The zero-order valence-corrected chi connectivity index (χ0v) is 15.2. The quantitative estimate of drug-likeness (QED) is 0.845. The maximum atomic E-state index is 12.7. The van der Waals surface area contributed by atoms with Crippen LogP contribution < -0.4 is 4.90 Å². The summed E-state index contributed by atoms with van der Waals surface area (Å²) in [4.78, 5) is 16.9. The molecule has 0 atom stereocenters. The van der Waals surface area contributed by atoms with Gasteiger partial charge in [0.15, 0.2) is 11.5 Å². The van der Waals surface area contributed by atoms with Crippen LogP contribution in [0.4, 0.5) is 5.69 Å². The molecular formula is C21H24N2O3. The molecule has 3 rings (SSSR count). The first-order valence-electron chi connectivity index (χ1n) is 8.87. The second kappa shape index (κ2) is 7.67. The molecular weight excluding hydrogens is 328 g/mol. The van der Waals surface area contributed by atoms with E-state index in [0.717, 1.165) is 19.5 Å². The van der Waals surface area contributed by atoms with E-state index in [2.05, 4.69) is 28.9 Å². The van der Waals surface area contributed by atoms with Gasteiger partial charge in [0.25, 0.3) is 5.91 Å². The zero-order chi connectivity index (χ0) is 18.6. The van der Waals surface area contributed by atoms with E-state index in [1.165, 1.54) is 5.69 Å². The maximum absolute atomic E-state index is 12.7. The summed E-state index contributed by atoms with van der Waals surface area (Å²) in [5.74, 6) is 6.00. The predicted molar refractivity (Wildman–Crippen MR) is 101 cm³/mol. The second-order valence-electron chi connectivity index (χ2n) is 6.94. The molecule has 0 radical (unpaired) electrons. The van der Waals surface area contributed by atoms with E-state index < -0.39 is 5.60 Å². The smallest absolute Gasteiger partial charge is 0.289 e. The van der Waals surface area contributed by atoms with Crippen LogP contribution in [0.15, 0.2) is 46.9 Å². The zero-order valence-electron chi connectivity index (χ0n) is 15.2. The van der Waals surface area contributed by atoms with Crippen LogP contribution in [-0.2, 0) is 0 Å². The average molecular weight is 352 g/mol. The van der Waals surface area contributed by atoms with Gasteiger partial charge in [0, 0.05) is 31.9 Å². The van der Waals surface area contributed by atoms with Crippen LogP contribution in [-0.4, -0.2) is 47.7 Å². The normalized spacial score (nSPS) is 15.2. The van der Waals surface area contributed by atoms with Crippen molar-refractivity contribution in [3.63, 3.8) is 0 Å². The molecule has 1 aromatic carbocycles. The summed E-state index contributed by atoms with van der Waals surface area (Å²) in [6.45, 7) is 6.28. The fourth-order valence-corrected chi connectivity index (χ4v) is 2.91.